The number of aromatic nitrogens is 4. The van der Waals surface area contributed by atoms with Crippen LogP contribution in [0.1, 0.15) is 60.6 Å². The summed E-state index contributed by atoms with van der Waals surface area (Å²) in [6, 6.07) is 0. The van der Waals surface area contributed by atoms with Gasteiger partial charge in [-0.3, -0.25) is 24.3 Å². The summed E-state index contributed by atoms with van der Waals surface area (Å²) in [5.74, 6) is -0.984. The molecule has 1 aliphatic heterocycles. The topological polar surface area (TPSA) is 147 Å². The fourth-order valence-corrected chi connectivity index (χ4v) is 4.12. The molecule has 37 heavy (non-hydrogen) atoms. The fraction of sp³-hybridized carbons (Fsp3) is 0.667. The van der Waals surface area contributed by atoms with Gasteiger partial charge in [0.2, 0.25) is 11.9 Å². The number of carbonyl (C=O) groups is 3. The first-order valence-electron chi connectivity index (χ1n) is 12.2. The molecule has 12 nitrogen and oxygen atoms in total. The van der Waals surface area contributed by atoms with Crippen molar-refractivity contribution >= 4 is 40.8 Å². The van der Waals surface area contributed by atoms with Crippen molar-refractivity contribution in [1.82, 2.24) is 19.5 Å². The Kier molecular flexibility index (Phi) is 8.67. The number of ether oxygens (including phenoxy) is 3. The molecule has 0 radical (unpaired) electrons. The molecule has 0 aliphatic carbocycles. The van der Waals surface area contributed by atoms with Crippen LogP contribution in [-0.2, 0) is 28.6 Å². The van der Waals surface area contributed by atoms with E-state index in [9.17, 15) is 14.4 Å². The van der Waals surface area contributed by atoms with E-state index in [0.29, 0.717) is 11.3 Å². The van der Waals surface area contributed by atoms with Gasteiger partial charge in [0.05, 0.1) is 6.33 Å². The van der Waals surface area contributed by atoms with E-state index >= 15 is 4.39 Å². The predicted molar refractivity (Wildman–Crippen MR) is 132 cm³/mol. The van der Waals surface area contributed by atoms with Crippen LogP contribution in [0.4, 0.5) is 16.2 Å². The summed E-state index contributed by atoms with van der Waals surface area (Å²) in [4.78, 5) is 49.2. The monoisotopic (exact) mass is 522 g/mol. The van der Waals surface area contributed by atoms with Gasteiger partial charge >= 0.3 is 11.9 Å². The van der Waals surface area contributed by atoms with Crippen molar-refractivity contribution in [3.63, 3.8) is 0 Å². The molecule has 13 heteroatoms. The van der Waals surface area contributed by atoms with Gasteiger partial charge in [0.15, 0.2) is 35.0 Å². The van der Waals surface area contributed by atoms with Crippen LogP contribution in [0.15, 0.2) is 6.33 Å². The molecule has 0 unspecified atom stereocenters. The third-order valence-electron chi connectivity index (χ3n) is 5.72. The maximum absolute atomic E-state index is 16.4. The first-order chi connectivity index (χ1) is 17.3. The lowest BCUT2D eigenvalue weighted by Gasteiger charge is -2.28. The highest BCUT2D eigenvalue weighted by Gasteiger charge is 2.58. The molecule has 3 heterocycles. The molecule has 0 saturated carbocycles. The van der Waals surface area contributed by atoms with Crippen molar-refractivity contribution in [2.75, 3.05) is 24.3 Å². The molecule has 1 aliphatic rings. The second-order valence-corrected chi connectivity index (χ2v) is 10.1. The van der Waals surface area contributed by atoms with Crippen molar-refractivity contribution in [3.05, 3.63) is 6.33 Å². The summed E-state index contributed by atoms with van der Waals surface area (Å²) in [5, 5.41) is 5.56. The van der Waals surface area contributed by atoms with Crippen LogP contribution >= 0.6 is 0 Å². The van der Waals surface area contributed by atoms with E-state index in [1.807, 2.05) is 27.7 Å². The Morgan fingerprint density at radius 2 is 1.86 bits per heavy atom. The number of carbonyl (C=O) groups excluding carboxylic acids is 3. The number of rotatable bonds is 10. The number of amides is 1. The van der Waals surface area contributed by atoms with Gasteiger partial charge in [-0.15, -0.1) is 0 Å². The molecule has 0 aromatic carbocycles. The molecule has 0 bridgehead atoms. The molecule has 204 valence electrons. The van der Waals surface area contributed by atoms with E-state index in [2.05, 4.69) is 25.6 Å². The van der Waals surface area contributed by atoms with Crippen molar-refractivity contribution in [3.8, 4) is 0 Å². The summed E-state index contributed by atoms with van der Waals surface area (Å²) < 4.78 is 34.3. The fourth-order valence-electron chi connectivity index (χ4n) is 4.12. The molecule has 2 N–H and O–H groups in total. The van der Waals surface area contributed by atoms with Crippen molar-refractivity contribution in [2.24, 2.45) is 11.8 Å². The van der Waals surface area contributed by atoms with E-state index in [1.165, 1.54) is 24.7 Å². The Bertz CT molecular complexity index is 1150. The zero-order valence-corrected chi connectivity index (χ0v) is 22.2. The number of halogens is 1. The van der Waals surface area contributed by atoms with Crippen molar-refractivity contribution in [2.45, 2.75) is 78.5 Å². The van der Waals surface area contributed by atoms with Crippen LogP contribution in [0.25, 0.3) is 11.2 Å². The van der Waals surface area contributed by atoms with Gasteiger partial charge in [0, 0.05) is 26.8 Å². The van der Waals surface area contributed by atoms with Gasteiger partial charge in [-0.05, 0) is 18.8 Å². The Labute approximate surface area is 214 Å². The number of esters is 2. The molecule has 2 aromatic rings. The van der Waals surface area contributed by atoms with Crippen LogP contribution in [-0.4, -0.2) is 68.9 Å². The van der Waals surface area contributed by atoms with E-state index in [4.69, 9.17) is 14.2 Å². The van der Waals surface area contributed by atoms with Crippen molar-refractivity contribution < 1.29 is 33.0 Å². The average molecular weight is 523 g/mol. The van der Waals surface area contributed by atoms with E-state index in [0.717, 1.165) is 0 Å². The molecule has 3 rings (SSSR count). The Balaban J connectivity index is 2.00. The number of nitrogens with one attached hydrogen (secondary N) is 2. The molecular weight excluding hydrogens is 487 g/mol. The first kappa shape index (κ1) is 28.2. The van der Waals surface area contributed by atoms with Gasteiger partial charge in [-0.25, -0.2) is 9.37 Å². The standard InChI is InChI=1S/C24H35FN6O6/c1-12(2)8-16(33)28-23-29-20(26-7)18-21(30-23)31(11-27-18)22-24(6,25)19(37-17(34)9-13(3)4)15(36-22)10-35-14(5)32/h11-13,15,19,22H,8-10H2,1-7H3,(H2,26,28,29,30,33)/t15-,19-,22-,24-/m1/s1. The number of fused-ring (bicyclic) bond motifs is 1. The zero-order chi connectivity index (χ0) is 27.5. The second-order valence-electron chi connectivity index (χ2n) is 10.1. The highest BCUT2D eigenvalue weighted by atomic mass is 19.1. The van der Waals surface area contributed by atoms with Crippen molar-refractivity contribution in [1.29, 1.82) is 0 Å². The lowest BCUT2D eigenvalue weighted by Crippen LogP contribution is -2.44. The average Bonchev–Trinajstić information content (AvgIpc) is 3.29. The number of nitrogens with zero attached hydrogens (tertiary/aromatic N) is 4. The predicted octanol–water partition coefficient (Wildman–Crippen LogP) is 3.00. The molecule has 1 saturated heterocycles. The van der Waals surface area contributed by atoms with Crippen LogP contribution < -0.4 is 10.6 Å². The third-order valence-corrected chi connectivity index (χ3v) is 5.72. The van der Waals surface area contributed by atoms with Crippen LogP contribution in [0.5, 0.6) is 0 Å². The summed E-state index contributed by atoms with van der Waals surface area (Å²) in [6.07, 6.45) is -2.09. The minimum atomic E-state index is -2.25. The van der Waals surface area contributed by atoms with Gasteiger partial charge in [-0.1, -0.05) is 27.7 Å². The SMILES string of the molecule is CNc1nc(NC(=O)CC(C)C)nc2c1ncn2[C@@H]1O[C@H](COC(C)=O)[C@@H](OC(=O)CC(C)C)[C@@]1(C)F. The number of imidazole rings is 1. The highest BCUT2D eigenvalue weighted by Crippen LogP contribution is 2.44. The first-order valence-corrected chi connectivity index (χ1v) is 12.2. The molecular formula is C24H35FN6O6. The molecule has 1 fully saturated rings. The Hall–Kier alpha value is -3.35. The minimum Gasteiger partial charge on any atom is -0.463 e. The number of hydrogen-bond donors (Lipinski definition) is 2. The smallest absolute Gasteiger partial charge is 0.306 e. The quantitative estimate of drug-likeness (QED) is 0.446. The lowest BCUT2D eigenvalue weighted by molar-refractivity contribution is -0.161. The Morgan fingerprint density at radius 3 is 2.46 bits per heavy atom. The van der Waals surface area contributed by atoms with Gasteiger partial charge in [0.1, 0.15) is 12.7 Å². The molecule has 2 aromatic heterocycles. The molecule has 1 amide bonds. The van der Waals surface area contributed by atoms with E-state index < -0.39 is 36.0 Å². The summed E-state index contributed by atoms with van der Waals surface area (Å²) in [6.45, 7) is 9.65. The summed E-state index contributed by atoms with van der Waals surface area (Å²) >= 11 is 0. The zero-order valence-electron chi connectivity index (χ0n) is 22.2. The number of hydrogen-bond acceptors (Lipinski definition) is 10. The summed E-state index contributed by atoms with van der Waals surface area (Å²) in [7, 11) is 1.63. The van der Waals surface area contributed by atoms with Crippen LogP contribution in [0, 0.1) is 11.8 Å². The Morgan fingerprint density at radius 1 is 1.19 bits per heavy atom. The second kappa shape index (κ2) is 11.4. The van der Waals surface area contributed by atoms with Crippen LogP contribution in [0.2, 0.25) is 0 Å². The lowest BCUT2D eigenvalue weighted by atomic mass is 9.98. The number of anilines is 2. The molecule has 4 atom stereocenters. The summed E-state index contributed by atoms with van der Waals surface area (Å²) in [5.41, 5.74) is -1.74. The largest absolute Gasteiger partial charge is 0.463 e. The van der Waals surface area contributed by atoms with Gasteiger partial charge < -0.3 is 19.5 Å². The normalized spacial score (nSPS) is 23.5. The van der Waals surface area contributed by atoms with Gasteiger partial charge in [-0.2, -0.15) is 9.97 Å². The third kappa shape index (κ3) is 6.51. The number of alkyl halides is 1. The van der Waals surface area contributed by atoms with E-state index in [1.54, 1.807) is 7.05 Å². The van der Waals surface area contributed by atoms with Gasteiger partial charge in [0.25, 0.3) is 0 Å². The maximum atomic E-state index is 16.4. The maximum Gasteiger partial charge on any atom is 0.306 e. The van der Waals surface area contributed by atoms with E-state index in [-0.39, 0.29) is 48.8 Å². The highest BCUT2D eigenvalue weighted by molar-refractivity contribution is 5.91. The minimum absolute atomic E-state index is 0.00184. The van der Waals surface area contributed by atoms with Crippen LogP contribution in [0.3, 0.4) is 0 Å². The molecule has 0 spiro atoms.